The van der Waals surface area contributed by atoms with Crippen molar-refractivity contribution in [1.29, 1.82) is 0 Å². The van der Waals surface area contributed by atoms with Crippen molar-refractivity contribution in [3.63, 3.8) is 0 Å². The first-order valence-corrected chi connectivity index (χ1v) is 7.46. The van der Waals surface area contributed by atoms with E-state index >= 15 is 0 Å². The van der Waals surface area contributed by atoms with Crippen LogP contribution in [0.2, 0.25) is 0 Å². The molecule has 114 valence electrons. The van der Waals surface area contributed by atoms with Crippen LogP contribution in [0.3, 0.4) is 0 Å². The van der Waals surface area contributed by atoms with E-state index in [4.69, 9.17) is 5.73 Å². The van der Waals surface area contributed by atoms with Gasteiger partial charge in [0.15, 0.2) is 5.96 Å². The molecule has 3 N–H and O–H groups in total. The molecule has 0 fully saturated rings. The maximum absolute atomic E-state index is 5.81. The molecule has 0 saturated carbocycles. The SMILES string of the molecule is Cc1nc(-c2ccccc2)sc1CN=C(N)NC(C)C.I. The van der Waals surface area contributed by atoms with E-state index in [1.54, 1.807) is 11.3 Å². The third-order valence-corrected chi connectivity index (χ3v) is 3.93. The third-order valence-electron chi connectivity index (χ3n) is 2.74. The second-order valence-electron chi connectivity index (χ2n) is 4.89. The zero-order valence-electron chi connectivity index (χ0n) is 12.5. The van der Waals surface area contributed by atoms with Crippen molar-refractivity contribution >= 4 is 41.3 Å². The Morgan fingerprint density at radius 1 is 1.33 bits per heavy atom. The highest BCUT2D eigenvalue weighted by atomic mass is 127. The highest BCUT2D eigenvalue weighted by molar-refractivity contribution is 14.0. The lowest BCUT2D eigenvalue weighted by atomic mass is 10.2. The Balaban J connectivity index is 0.00000220. The van der Waals surface area contributed by atoms with Crippen LogP contribution in [-0.4, -0.2) is 17.0 Å². The van der Waals surface area contributed by atoms with Crippen molar-refractivity contribution in [1.82, 2.24) is 10.3 Å². The van der Waals surface area contributed by atoms with Crippen LogP contribution in [0.1, 0.15) is 24.4 Å². The molecule has 0 saturated heterocycles. The van der Waals surface area contributed by atoms with Crippen LogP contribution in [-0.2, 0) is 6.54 Å². The van der Waals surface area contributed by atoms with E-state index < -0.39 is 0 Å². The molecule has 6 heteroatoms. The van der Waals surface area contributed by atoms with Gasteiger partial charge in [0.25, 0.3) is 0 Å². The number of nitrogens with one attached hydrogen (secondary N) is 1. The van der Waals surface area contributed by atoms with Crippen molar-refractivity contribution in [2.45, 2.75) is 33.4 Å². The molecule has 0 aliphatic rings. The fourth-order valence-electron chi connectivity index (χ4n) is 1.78. The number of aryl methyl sites for hydroxylation is 1. The monoisotopic (exact) mass is 416 g/mol. The lowest BCUT2D eigenvalue weighted by molar-refractivity contribution is 0.724. The molecule has 1 aromatic carbocycles. The molecule has 0 spiro atoms. The molecule has 0 bridgehead atoms. The highest BCUT2D eigenvalue weighted by Crippen LogP contribution is 2.28. The van der Waals surface area contributed by atoms with E-state index in [-0.39, 0.29) is 24.0 Å². The quantitative estimate of drug-likeness (QED) is 0.455. The van der Waals surface area contributed by atoms with Gasteiger partial charge in [0, 0.05) is 16.5 Å². The van der Waals surface area contributed by atoms with Gasteiger partial charge in [-0.1, -0.05) is 30.3 Å². The summed E-state index contributed by atoms with van der Waals surface area (Å²) in [7, 11) is 0. The third kappa shape index (κ3) is 5.28. The summed E-state index contributed by atoms with van der Waals surface area (Å²) in [5.41, 5.74) is 7.98. The fourth-order valence-corrected chi connectivity index (χ4v) is 2.77. The zero-order valence-corrected chi connectivity index (χ0v) is 15.6. The smallest absolute Gasteiger partial charge is 0.189 e. The van der Waals surface area contributed by atoms with Crippen LogP contribution in [0, 0.1) is 6.92 Å². The molecular formula is C15H21IN4S. The van der Waals surface area contributed by atoms with Crippen molar-refractivity contribution in [2.75, 3.05) is 0 Å². The van der Waals surface area contributed by atoms with Crippen molar-refractivity contribution < 1.29 is 0 Å². The molecule has 2 rings (SSSR count). The maximum atomic E-state index is 5.81. The summed E-state index contributed by atoms with van der Waals surface area (Å²) in [5.74, 6) is 0.481. The van der Waals surface area contributed by atoms with E-state index in [1.807, 2.05) is 39.0 Å². The number of rotatable bonds is 4. The summed E-state index contributed by atoms with van der Waals surface area (Å²) in [5, 5.41) is 4.11. The van der Waals surface area contributed by atoms with Crippen LogP contribution in [0.4, 0.5) is 0 Å². The standard InChI is InChI=1S/C15H20N4S.HI/c1-10(2)18-15(16)17-9-13-11(3)19-14(20-13)12-7-5-4-6-8-12;/h4-8,10H,9H2,1-3H3,(H3,16,17,18);1H. The van der Waals surface area contributed by atoms with Gasteiger partial charge in [0.1, 0.15) is 5.01 Å². The van der Waals surface area contributed by atoms with E-state index in [0.29, 0.717) is 18.5 Å². The summed E-state index contributed by atoms with van der Waals surface area (Å²) in [6.07, 6.45) is 0. The molecule has 0 aliphatic carbocycles. The predicted octanol–water partition coefficient (Wildman–Crippen LogP) is 3.55. The van der Waals surface area contributed by atoms with E-state index in [1.165, 1.54) is 0 Å². The number of aliphatic imine (C=N–C) groups is 1. The van der Waals surface area contributed by atoms with Gasteiger partial charge < -0.3 is 11.1 Å². The Hall–Kier alpha value is -1.15. The number of nitrogens with zero attached hydrogens (tertiary/aromatic N) is 2. The molecule has 0 radical (unpaired) electrons. The molecule has 0 aliphatic heterocycles. The summed E-state index contributed by atoms with van der Waals surface area (Å²) in [4.78, 5) is 10.1. The maximum Gasteiger partial charge on any atom is 0.189 e. The summed E-state index contributed by atoms with van der Waals surface area (Å²) >= 11 is 1.67. The lowest BCUT2D eigenvalue weighted by Gasteiger charge is -2.07. The Kier molecular flexibility index (Phi) is 7.10. The summed E-state index contributed by atoms with van der Waals surface area (Å²) in [6, 6.07) is 10.5. The summed E-state index contributed by atoms with van der Waals surface area (Å²) < 4.78 is 0. The number of hydrogen-bond acceptors (Lipinski definition) is 3. The van der Waals surface area contributed by atoms with Gasteiger partial charge in [-0.05, 0) is 20.8 Å². The van der Waals surface area contributed by atoms with Gasteiger partial charge in [-0.2, -0.15) is 0 Å². The first-order valence-electron chi connectivity index (χ1n) is 6.64. The van der Waals surface area contributed by atoms with Crippen LogP contribution < -0.4 is 11.1 Å². The van der Waals surface area contributed by atoms with Gasteiger partial charge in [-0.15, -0.1) is 35.3 Å². The molecule has 2 aromatic rings. The number of thiazole rings is 1. The zero-order chi connectivity index (χ0) is 14.5. The largest absolute Gasteiger partial charge is 0.370 e. The van der Waals surface area contributed by atoms with Gasteiger partial charge in [0.2, 0.25) is 0 Å². The minimum absolute atomic E-state index is 0. The topological polar surface area (TPSA) is 63.3 Å². The molecule has 0 unspecified atom stereocenters. The number of hydrogen-bond donors (Lipinski definition) is 2. The van der Waals surface area contributed by atoms with Gasteiger partial charge in [0.05, 0.1) is 12.2 Å². The fraction of sp³-hybridized carbons (Fsp3) is 0.333. The van der Waals surface area contributed by atoms with Crippen molar-refractivity contribution in [2.24, 2.45) is 10.7 Å². The van der Waals surface area contributed by atoms with Crippen LogP contribution in [0.5, 0.6) is 0 Å². The van der Waals surface area contributed by atoms with Crippen LogP contribution >= 0.6 is 35.3 Å². The van der Waals surface area contributed by atoms with E-state index in [0.717, 1.165) is 21.1 Å². The van der Waals surface area contributed by atoms with Crippen LogP contribution in [0.25, 0.3) is 10.6 Å². The normalized spacial score (nSPS) is 11.3. The average Bonchev–Trinajstić information content (AvgIpc) is 2.78. The molecule has 1 heterocycles. The average molecular weight is 416 g/mol. The van der Waals surface area contributed by atoms with Crippen molar-refractivity contribution in [3.8, 4) is 10.6 Å². The minimum Gasteiger partial charge on any atom is -0.370 e. The number of benzene rings is 1. The number of guanidine groups is 1. The Morgan fingerprint density at radius 3 is 2.62 bits per heavy atom. The second kappa shape index (κ2) is 8.33. The molecule has 1 aromatic heterocycles. The molecule has 0 atom stereocenters. The Labute approximate surface area is 146 Å². The van der Waals surface area contributed by atoms with Gasteiger partial charge >= 0.3 is 0 Å². The van der Waals surface area contributed by atoms with E-state index in [9.17, 15) is 0 Å². The predicted molar refractivity (Wildman–Crippen MR) is 101 cm³/mol. The minimum atomic E-state index is 0. The van der Waals surface area contributed by atoms with E-state index in [2.05, 4.69) is 27.4 Å². The molecule has 0 amide bonds. The van der Waals surface area contributed by atoms with Crippen LogP contribution in [0.15, 0.2) is 35.3 Å². The first kappa shape index (κ1) is 17.9. The molecule has 21 heavy (non-hydrogen) atoms. The highest BCUT2D eigenvalue weighted by Gasteiger charge is 2.08. The van der Waals surface area contributed by atoms with Gasteiger partial charge in [-0.3, -0.25) is 0 Å². The van der Waals surface area contributed by atoms with Crippen molar-refractivity contribution in [3.05, 3.63) is 40.9 Å². The number of halogens is 1. The second-order valence-corrected chi connectivity index (χ2v) is 5.98. The number of nitrogens with two attached hydrogens (primary N) is 1. The molecule has 4 nitrogen and oxygen atoms in total. The summed E-state index contributed by atoms with van der Waals surface area (Å²) in [6.45, 7) is 6.66. The Bertz CT molecular complexity index is 593. The molecular weight excluding hydrogens is 395 g/mol. The lowest BCUT2D eigenvalue weighted by Crippen LogP contribution is -2.36. The first-order chi connectivity index (χ1) is 9.56. The number of aromatic nitrogens is 1. The Morgan fingerprint density at radius 2 is 2.00 bits per heavy atom. The van der Waals surface area contributed by atoms with Gasteiger partial charge in [-0.25, -0.2) is 9.98 Å².